The number of nitro groups is 1. The zero-order chi connectivity index (χ0) is 13.4. The number of alkyl halides is 5. The van der Waals surface area contributed by atoms with Crippen LogP contribution in [0.5, 0.6) is 0 Å². The van der Waals surface area contributed by atoms with E-state index in [0.717, 1.165) is 0 Å². The Kier molecular flexibility index (Phi) is 3.84. The third-order valence-corrected chi connectivity index (χ3v) is 2.61. The fraction of sp³-hybridized carbons (Fsp3) is 0.286. The average molecular weight is 368 g/mol. The van der Waals surface area contributed by atoms with Crippen molar-refractivity contribution in [3.63, 3.8) is 0 Å². The Morgan fingerprint density at radius 3 is 2.29 bits per heavy atom. The summed E-state index contributed by atoms with van der Waals surface area (Å²) < 4.78 is 61.6. The molecular weight excluding hydrogens is 366 g/mol. The van der Waals surface area contributed by atoms with Gasteiger partial charge in [-0.1, -0.05) is 0 Å². The molecule has 0 fully saturated rings. The van der Waals surface area contributed by atoms with Crippen molar-refractivity contribution in [2.75, 3.05) is 0 Å². The van der Waals surface area contributed by atoms with E-state index in [0.29, 0.717) is 0 Å². The van der Waals surface area contributed by atoms with Gasteiger partial charge in [0.25, 0.3) is 12.1 Å². The highest BCUT2D eigenvalue weighted by atomic mass is 127. The maximum absolute atomic E-state index is 12.5. The molecule has 0 atom stereocenters. The first-order valence-electron chi connectivity index (χ1n) is 3.84. The minimum absolute atomic E-state index is 0.172. The normalized spacial score (nSPS) is 11.9. The predicted octanol–water partition coefficient (Wildman–Crippen LogP) is 3.55. The van der Waals surface area contributed by atoms with E-state index in [1.54, 1.807) is 0 Å². The summed E-state index contributed by atoms with van der Waals surface area (Å²) in [4.78, 5) is 12.1. The van der Waals surface area contributed by atoms with E-state index in [-0.39, 0.29) is 6.20 Å². The maximum Gasteiger partial charge on any atom is 0.424 e. The fourth-order valence-electron chi connectivity index (χ4n) is 1.09. The lowest BCUT2D eigenvalue weighted by atomic mass is 10.1. The van der Waals surface area contributed by atoms with Crippen molar-refractivity contribution in [1.29, 1.82) is 0 Å². The van der Waals surface area contributed by atoms with Crippen LogP contribution in [0.4, 0.5) is 27.6 Å². The van der Waals surface area contributed by atoms with Crippen LogP contribution in [-0.4, -0.2) is 9.91 Å². The number of aromatic nitrogens is 1. The number of nitrogens with zero attached hydrogens (tertiary/aromatic N) is 2. The fourth-order valence-corrected chi connectivity index (χ4v) is 1.72. The molecule has 4 nitrogen and oxygen atoms in total. The highest BCUT2D eigenvalue weighted by Crippen LogP contribution is 2.41. The van der Waals surface area contributed by atoms with Gasteiger partial charge in [0.15, 0.2) is 5.56 Å². The Labute approximate surface area is 104 Å². The molecule has 1 aromatic rings. The van der Waals surface area contributed by atoms with Crippen molar-refractivity contribution in [2.24, 2.45) is 0 Å². The van der Waals surface area contributed by atoms with Gasteiger partial charge in [0.2, 0.25) is 0 Å². The molecule has 1 rings (SSSR count). The number of pyridine rings is 1. The molecule has 1 heterocycles. The van der Waals surface area contributed by atoms with Crippen LogP contribution in [0.2, 0.25) is 0 Å². The second kappa shape index (κ2) is 4.66. The van der Waals surface area contributed by atoms with E-state index in [1.807, 2.05) is 0 Å². The monoisotopic (exact) mass is 368 g/mol. The van der Waals surface area contributed by atoms with E-state index in [9.17, 15) is 32.1 Å². The third kappa shape index (κ3) is 2.79. The Hall–Kier alpha value is -1.07. The van der Waals surface area contributed by atoms with Gasteiger partial charge in [-0.3, -0.25) is 10.1 Å². The van der Waals surface area contributed by atoms with Crippen molar-refractivity contribution in [2.45, 2.75) is 12.6 Å². The van der Waals surface area contributed by atoms with Crippen molar-refractivity contribution in [3.8, 4) is 0 Å². The van der Waals surface area contributed by atoms with Crippen LogP contribution in [0.15, 0.2) is 6.20 Å². The summed E-state index contributed by atoms with van der Waals surface area (Å²) in [6.07, 6.45) is -8.34. The van der Waals surface area contributed by atoms with Crippen LogP contribution in [0.25, 0.3) is 0 Å². The van der Waals surface area contributed by atoms with E-state index in [1.165, 1.54) is 22.6 Å². The molecule has 0 unspecified atom stereocenters. The van der Waals surface area contributed by atoms with Gasteiger partial charge < -0.3 is 0 Å². The molecule has 0 saturated heterocycles. The first kappa shape index (κ1) is 14.0. The zero-order valence-corrected chi connectivity index (χ0v) is 9.79. The van der Waals surface area contributed by atoms with Crippen molar-refractivity contribution in [1.82, 2.24) is 4.98 Å². The lowest BCUT2D eigenvalue weighted by Gasteiger charge is -2.10. The minimum Gasteiger partial charge on any atom is -0.258 e. The highest BCUT2D eigenvalue weighted by Gasteiger charge is 2.42. The maximum atomic E-state index is 12.5. The quantitative estimate of drug-likeness (QED) is 0.264. The molecule has 0 spiro atoms. The van der Waals surface area contributed by atoms with Crippen molar-refractivity contribution >= 4 is 28.3 Å². The molecule has 0 N–H and O–H groups in total. The van der Waals surface area contributed by atoms with Gasteiger partial charge in [0.1, 0.15) is 9.26 Å². The Morgan fingerprint density at radius 1 is 1.41 bits per heavy atom. The van der Waals surface area contributed by atoms with E-state index < -0.39 is 38.0 Å². The third-order valence-electron chi connectivity index (χ3n) is 1.75. The topological polar surface area (TPSA) is 56.0 Å². The van der Waals surface area contributed by atoms with Crippen LogP contribution in [-0.2, 0) is 6.18 Å². The first-order chi connectivity index (χ1) is 7.66. The molecule has 0 saturated carbocycles. The van der Waals surface area contributed by atoms with Gasteiger partial charge >= 0.3 is 6.18 Å². The largest absolute Gasteiger partial charge is 0.424 e. The zero-order valence-electron chi connectivity index (χ0n) is 7.63. The van der Waals surface area contributed by atoms with Crippen LogP contribution >= 0.6 is 22.6 Å². The van der Waals surface area contributed by atoms with Crippen LogP contribution in [0.3, 0.4) is 0 Å². The summed E-state index contributed by atoms with van der Waals surface area (Å²) in [7, 11) is 0. The lowest BCUT2D eigenvalue weighted by molar-refractivity contribution is -0.389. The molecule has 0 aromatic carbocycles. The summed E-state index contributed by atoms with van der Waals surface area (Å²) in [6, 6.07) is 0. The number of hydrogen-bond acceptors (Lipinski definition) is 3. The summed E-state index contributed by atoms with van der Waals surface area (Å²) in [6.45, 7) is 0. The molecule has 94 valence electrons. The summed E-state index contributed by atoms with van der Waals surface area (Å²) in [5, 5.41) is 10.5. The average Bonchev–Trinajstić information content (AvgIpc) is 2.14. The van der Waals surface area contributed by atoms with Gasteiger partial charge in [-0.15, -0.1) is 0 Å². The molecule has 0 aliphatic heterocycles. The van der Waals surface area contributed by atoms with Gasteiger partial charge in [-0.25, -0.2) is 13.8 Å². The van der Waals surface area contributed by atoms with Crippen molar-refractivity contribution < 1.29 is 26.9 Å². The molecule has 0 bridgehead atoms. The first-order valence-corrected chi connectivity index (χ1v) is 4.92. The molecule has 0 aliphatic rings. The van der Waals surface area contributed by atoms with E-state index >= 15 is 0 Å². The number of halogens is 6. The standard InChI is InChI=1S/C7H2F5IN2O2/c8-5(9)3-4(15(16)17)2(7(10,11)12)1-14-6(3)13/h1,5H. The van der Waals surface area contributed by atoms with E-state index in [2.05, 4.69) is 4.98 Å². The SMILES string of the molecule is O=[N+]([O-])c1c(C(F)(F)F)cnc(I)c1C(F)F. The second-order valence-electron chi connectivity index (χ2n) is 2.78. The summed E-state index contributed by atoms with van der Waals surface area (Å²) in [5.41, 5.74) is -4.74. The molecule has 1 aromatic heterocycles. The molecular formula is C7H2F5IN2O2. The van der Waals surface area contributed by atoms with Crippen LogP contribution in [0.1, 0.15) is 17.6 Å². The summed E-state index contributed by atoms with van der Waals surface area (Å²) >= 11 is 1.22. The molecule has 0 radical (unpaired) electrons. The van der Waals surface area contributed by atoms with Gasteiger partial charge in [0.05, 0.1) is 4.92 Å². The Morgan fingerprint density at radius 2 is 1.94 bits per heavy atom. The summed E-state index contributed by atoms with van der Waals surface area (Å²) in [5.74, 6) is 0. The predicted molar refractivity (Wildman–Crippen MR) is 53.6 cm³/mol. The molecule has 0 aliphatic carbocycles. The molecule has 0 amide bonds. The highest BCUT2D eigenvalue weighted by molar-refractivity contribution is 14.1. The minimum atomic E-state index is -5.11. The van der Waals surface area contributed by atoms with Crippen LogP contribution < -0.4 is 0 Å². The number of rotatable bonds is 2. The Balaban J connectivity index is 3.66. The van der Waals surface area contributed by atoms with E-state index in [4.69, 9.17) is 0 Å². The second-order valence-corrected chi connectivity index (χ2v) is 3.80. The molecule has 17 heavy (non-hydrogen) atoms. The van der Waals surface area contributed by atoms with Gasteiger partial charge in [-0.05, 0) is 22.6 Å². The lowest BCUT2D eigenvalue weighted by Crippen LogP contribution is -2.13. The number of hydrogen-bond donors (Lipinski definition) is 0. The van der Waals surface area contributed by atoms with Crippen LogP contribution in [0, 0.1) is 13.8 Å². The molecule has 10 heteroatoms. The van der Waals surface area contributed by atoms with Gasteiger partial charge in [0, 0.05) is 6.20 Å². The van der Waals surface area contributed by atoms with Gasteiger partial charge in [-0.2, -0.15) is 13.2 Å². The van der Waals surface area contributed by atoms with Crippen molar-refractivity contribution in [3.05, 3.63) is 31.1 Å². The Bertz CT molecular complexity index is 462. The smallest absolute Gasteiger partial charge is 0.258 e.